The molecule has 13 heavy (non-hydrogen) atoms. The number of hydrogen-bond acceptors (Lipinski definition) is 6. The Hall–Kier alpha value is 0.0583. The molecule has 1 atom stereocenters. The zero-order valence-electron chi connectivity index (χ0n) is 6.74. The van der Waals surface area contributed by atoms with Gasteiger partial charge in [-0.3, -0.25) is 0 Å². The van der Waals surface area contributed by atoms with Crippen LogP contribution in [0.15, 0.2) is 12.7 Å². The summed E-state index contributed by atoms with van der Waals surface area (Å²) in [5.74, 6) is 0. The molecule has 0 aliphatic rings. The smallest absolute Gasteiger partial charge is 0.369 e. The van der Waals surface area contributed by atoms with E-state index in [4.69, 9.17) is 3.76 Å². The molecule has 0 radical (unpaired) electrons. The summed E-state index contributed by atoms with van der Waals surface area (Å²) in [4.78, 5) is 10.4. The van der Waals surface area contributed by atoms with E-state index in [2.05, 4.69) is 14.3 Å². The van der Waals surface area contributed by atoms with Gasteiger partial charge in [0, 0.05) is 0 Å². The van der Waals surface area contributed by atoms with Crippen molar-refractivity contribution in [1.29, 1.82) is 0 Å². The fourth-order valence-electron chi connectivity index (χ4n) is 0.281. The first-order valence-corrected chi connectivity index (χ1v) is 7.33. The first kappa shape index (κ1) is 15.5. The van der Waals surface area contributed by atoms with Gasteiger partial charge in [0.1, 0.15) is 0 Å². The van der Waals surface area contributed by atoms with Crippen molar-refractivity contribution in [2.45, 2.75) is 0 Å². The minimum atomic E-state index is -6.07. The third kappa shape index (κ3) is 9.98. The fraction of sp³-hybridized carbons (Fsp3) is 0.333. The van der Waals surface area contributed by atoms with Crippen molar-refractivity contribution < 1.29 is 44.5 Å². The van der Waals surface area contributed by atoms with Gasteiger partial charge >= 0.3 is 71.5 Å². The van der Waals surface area contributed by atoms with Gasteiger partial charge in [-0.05, 0) is 0 Å². The molecule has 0 bridgehead atoms. The summed E-state index contributed by atoms with van der Waals surface area (Å²) in [5, 5.41) is 0. The standard InChI is InChI=1S/C3H7O4P.Mo.H3N.H2O.2O/c1-2-3-7-8(4,5)6;;;;;/h2H,1,3H2,(H2,4,5,6);;1H3;1H2;;/q;+2;;;;/p-2. The zero-order chi connectivity index (χ0) is 9.83. The molecule has 5 N–H and O–H groups in total. The van der Waals surface area contributed by atoms with Gasteiger partial charge in [0.05, 0.1) is 0 Å². The van der Waals surface area contributed by atoms with Gasteiger partial charge in [-0.1, -0.05) is 0 Å². The molecular formula is C3H10MoNO7P. The molecule has 0 saturated heterocycles. The van der Waals surface area contributed by atoms with Crippen LogP contribution in [-0.2, 0) is 35.8 Å². The average Bonchev–Trinajstić information content (AvgIpc) is 1.78. The molecule has 0 saturated carbocycles. The number of phosphoric acid groups is 1. The van der Waals surface area contributed by atoms with Crippen molar-refractivity contribution in [3.63, 3.8) is 0 Å². The van der Waals surface area contributed by atoms with Crippen LogP contribution in [-0.4, -0.2) is 10.4 Å². The Morgan fingerprint density at radius 2 is 2.08 bits per heavy atom. The predicted molar refractivity (Wildman–Crippen MR) is 34.4 cm³/mol. The summed E-state index contributed by atoms with van der Waals surface area (Å²) in [5.41, 5.74) is 0. The molecule has 0 aromatic heterocycles. The van der Waals surface area contributed by atoms with Crippen LogP contribution in [0.1, 0.15) is 0 Å². The average molecular weight is 299 g/mol. The maximum Gasteiger partial charge on any atom is -0.369 e. The maximum atomic E-state index is 10.4. The van der Waals surface area contributed by atoms with Crippen LogP contribution in [0, 0.1) is 0 Å². The van der Waals surface area contributed by atoms with Gasteiger partial charge in [-0.15, -0.1) is 0 Å². The van der Waals surface area contributed by atoms with E-state index in [0.29, 0.717) is 0 Å². The fourth-order valence-corrected chi connectivity index (χ4v) is 2.86. The van der Waals surface area contributed by atoms with Gasteiger partial charge < -0.3 is 6.15 Å². The van der Waals surface area contributed by atoms with Crippen LogP contribution in [0.5, 0.6) is 0 Å². The first-order chi connectivity index (χ1) is 5.27. The van der Waals surface area contributed by atoms with Crippen LogP contribution < -0.4 is 11.0 Å². The van der Waals surface area contributed by atoms with Crippen LogP contribution in [0.4, 0.5) is 0 Å². The molecule has 1 unspecified atom stereocenters. The maximum absolute atomic E-state index is 10.4. The van der Waals surface area contributed by atoms with Crippen LogP contribution >= 0.6 is 7.82 Å². The van der Waals surface area contributed by atoms with Crippen molar-refractivity contribution in [3.05, 3.63) is 12.7 Å². The second kappa shape index (κ2) is 5.72. The SMILES string of the molecule is C=CCOP(=O)([O-])[O][Mo](=[O])(=[O])[OH].[NH4+]. The van der Waals surface area contributed by atoms with E-state index in [1.165, 1.54) is 0 Å². The normalized spacial score (nSPS) is 15.5. The summed E-state index contributed by atoms with van der Waals surface area (Å²) in [7, 11) is -4.94. The van der Waals surface area contributed by atoms with E-state index >= 15 is 0 Å². The van der Waals surface area contributed by atoms with Gasteiger partial charge in [0.25, 0.3) is 0 Å². The third-order valence-electron chi connectivity index (χ3n) is 0.536. The van der Waals surface area contributed by atoms with E-state index in [0.717, 1.165) is 6.08 Å². The number of rotatable bonds is 5. The molecule has 0 spiro atoms. The minimum absolute atomic E-state index is 0. The van der Waals surface area contributed by atoms with Gasteiger partial charge in [0.15, 0.2) is 0 Å². The Kier molecular flexibility index (Phi) is 6.83. The van der Waals surface area contributed by atoms with E-state index in [9.17, 15) is 16.3 Å². The first-order valence-electron chi connectivity index (χ1n) is 2.52. The van der Waals surface area contributed by atoms with Crippen molar-refractivity contribution >= 4 is 7.82 Å². The summed E-state index contributed by atoms with van der Waals surface area (Å²) >= 11 is -6.07. The van der Waals surface area contributed by atoms with Crippen LogP contribution in [0.25, 0.3) is 0 Å². The molecule has 0 aliphatic heterocycles. The molecule has 8 nitrogen and oxygen atoms in total. The summed E-state index contributed by atoms with van der Waals surface area (Å²) in [6, 6.07) is 0. The van der Waals surface area contributed by atoms with E-state index in [1.807, 2.05) is 0 Å². The Morgan fingerprint density at radius 3 is 2.38 bits per heavy atom. The molecular weight excluding hydrogens is 289 g/mol. The summed E-state index contributed by atoms with van der Waals surface area (Å²) < 4.78 is 45.6. The second-order valence-electron chi connectivity index (χ2n) is 1.53. The molecule has 80 valence electrons. The van der Waals surface area contributed by atoms with Crippen molar-refractivity contribution in [2.75, 3.05) is 6.61 Å². The van der Waals surface area contributed by atoms with E-state index in [-0.39, 0.29) is 6.15 Å². The van der Waals surface area contributed by atoms with Crippen LogP contribution in [0.2, 0.25) is 0 Å². The van der Waals surface area contributed by atoms with Crippen molar-refractivity contribution in [3.8, 4) is 0 Å². The number of quaternary nitrogens is 1. The molecule has 0 aromatic rings. The van der Waals surface area contributed by atoms with Gasteiger partial charge in [0.2, 0.25) is 0 Å². The molecule has 0 aromatic carbocycles. The van der Waals surface area contributed by atoms with Gasteiger partial charge in [-0.2, -0.15) is 0 Å². The van der Waals surface area contributed by atoms with Crippen molar-refractivity contribution in [2.24, 2.45) is 0 Å². The molecule has 0 aliphatic carbocycles. The second-order valence-corrected chi connectivity index (χ2v) is 6.04. The largest absolute Gasteiger partial charge is 0.369 e. The predicted octanol–water partition coefficient (Wildman–Crippen LogP) is -0.283. The quantitative estimate of drug-likeness (QED) is 0.402. The van der Waals surface area contributed by atoms with Gasteiger partial charge in [-0.25, -0.2) is 0 Å². The summed E-state index contributed by atoms with van der Waals surface area (Å²) in [6.07, 6.45) is 1.08. The van der Waals surface area contributed by atoms with E-state index < -0.39 is 31.2 Å². The third-order valence-corrected chi connectivity index (χ3v) is 4.11. The number of hydrogen-bond donors (Lipinski definition) is 2. The monoisotopic (exact) mass is 301 g/mol. The Balaban J connectivity index is 0. The van der Waals surface area contributed by atoms with Crippen LogP contribution in [0.3, 0.4) is 0 Å². The Morgan fingerprint density at radius 1 is 1.62 bits per heavy atom. The Labute approximate surface area is 78.1 Å². The molecule has 0 amide bonds. The van der Waals surface area contributed by atoms with Crippen molar-refractivity contribution in [1.82, 2.24) is 6.15 Å². The summed E-state index contributed by atoms with van der Waals surface area (Å²) in [6.45, 7) is 2.70. The Bertz CT molecular complexity index is 297. The molecule has 0 heterocycles. The molecule has 0 rings (SSSR count). The topological polar surface area (TPSA) is 149 Å². The minimum Gasteiger partial charge on any atom is -0.369 e. The molecule has 0 fully saturated rings. The number of phosphoric ester groups is 1. The van der Waals surface area contributed by atoms with E-state index in [1.54, 1.807) is 0 Å². The molecule has 10 heteroatoms. The zero-order valence-corrected chi connectivity index (χ0v) is 9.65.